The molecule has 0 fully saturated rings. The van der Waals surface area contributed by atoms with E-state index in [1.165, 1.54) is 11.2 Å². The van der Waals surface area contributed by atoms with Crippen LogP contribution < -0.4 is 9.62 Å². The molecule has 0 aliphatic carbocycles. The molecule has 1 atom stereocenters. The molecule has 2 N–H and O–H groups in total. The van der Waals surface area contributed by atoms with Gasteiger partial charge in [0.1, 0.15) is 5.00 Å². The number of nitrogens with one attached hydrogen (secondary N) is 1. The van der Waals surface area contributed by atoms with E-state index in [0.29, 0.717) is 40.8 Å². The zero-order valence-electron chi connectivity index (χ0n) is 17.5. The number of para-hydroxylation sites is 1. The van der Waals surface area contributed by atoms with Crippen molar-refractivity contribution in [2.75, 3.05) is 9.62 Å². The van der Waals surface area contributed by atoms with E-state index in [0.717, 1.165) is 22.5 Å². The van der Waals surface area contributed by atoms with Gasteiger partial charge < -0.3 is 15.0 Å². The highest BCUT2D eigenvalue weighted by atomic mass is 32.2. The van der Waals surface area contributed by atoms with Gasteiger partial charge in [-0.25, -0.2) is 9.78 Å². The van der Waals surface area contributed by atoms with E-state index < -0.39 is 17.2 Å². The Balaban J connectivity index is 1.86. The smallest absolute Gasteiger partial charge is 0.335 e. The van der Waals surface area contributed by atoms with Gasteiger partial charge >= 0.3 is 5.97 Å². The fourth-order valence-corrected chi connectivity index (χ4v) is 5.21. The molecule has 3 aromatic rings. The highest BCUT2D eigenvalue weighted by Gasteiger charge is 2.21. The van der Waals surface area contributed by atoms with Crippen LogP contribution in [0.3, 0.4) is 0 Å². The highest BCUT2D eigenvalue weighted by Crippen LogP contribution is 2.38. The fraction of sp³-hybridized carbons (Fsp3) is 0.227. The predicted octanol–water partition coefficient (Wildman–Crippen LogP) is 4.22. The molecule has 0 saturated heterocycles. The van der Waals surface area contributed by atoms with Crippen molar-refractivity contribution < 1.29 is 23.5 Å². The number of anilines is 3. The molecule has 0 aliphatic heterocycles. The number of carbonyl (C=O) groups excluding carboxylic acids is 1. The molecule has 1 amide bonds. The van der Waals surface area contributed by atoms with Gasteiger partial charge in [0.2, 0.25) is 5.91 Å². The average molecular weight is 473 g/mol. The molecule has 1 aromatic heterocycles. The third kappa shape index (κ3) is 5.58. The minimum Gasteiger partial charge on any atom is -0.755 e. The minimum atomic E-state index is -2.61. The van der Waals surface area contributed by atoms with Crippen molar-refractivity contribution in [3.8, 4) is 0 Å². The van der Waals surface area contributed by atoms with Gasteiger partial charge in [-0.05, 0) is 49.4 Å². The van der Waals surface area contributed by atoms with Gasteiger partial charge in [-0.1, -0.05) is 47.7 Å². The Morgan fingerprint density at radius 3 is 2.41 bits per heavy atom. The van der Waals surface area contributed by atoms with Gasteiger partial charge in [-0.2, -0.15) is 0 Å². The van der Waals surface area contributed by atoms with Gasteiger partial charge in [0.25, 0.3) is 0 Å². The summed E-state index contributed by atoms with van der Waals surface area (Å²) in [7, 11) is 0. The van der Waals surface area contributed by atoms with Crippen molar-refractivity contribution in [1.29, 1.82) is 0 Å². The zero-order valence-corrected chi connectivity index (χ0v) is 19.2. The van der Waals surface area contributed by atoms with Crippen LogP contribution in [0.25, 0.3) is 0 Å². The van der Waals surface area contributed by atoms with Crippen molar-refractivity contribution in [1.82, 2.24) is 4.98 Å². The van der Waals surface area contributed by atoms with E-state index in [-0.39, 0.29) is 11.5 Å². The second-order valence-electron chi connectivity index (χ2n) is 7.05. The van der Waals surface area contributed by atoms with Crippen molar-refractivity contribution in [3.63, 3.8) is 0 Å². The Morgan fingerprint density at radius 1 is 1.12 bits per heavy atom. The van der Waals surface area contributed by atoms with Crippen molar-refractivity contribution in [2.24, 2.45) is 0 Å². The third-order valence-electron chi connectivity index (χ3n) is 4.74. The van der Waals surface area contributed by atoms with Crippen LogP contribution in [-0.2, 0) is 28.9 Å². The maximum absolute atomic E-state index is 12.2. The highest BCUT2D eigenvalue weighted by molar-refractivity contribution is 7.81. The van der Waals surface area contributed by atoms with Gasteiger partial charge in [-0.3, -0.25) is 13.3 Å². The molecule has 32 heavy (non-hydrogen) atoms. The third-order valence-corrected chi connectivity index (χ3v) is 6.59. The quantitative estimate of drug-likeness (QED) is 0.450. The number of amides is 1. The number of nitrogens with zero attached hydrogens (tertiary/aromatic N) is 2. The first kappa shape index (κ1) is 23.6. The summed E-state index contributed by atoms with van der Waals surface area (Å²) in [5.74, 6) is -1.26. The van der Waals surface area contributed by atoms with Crippen molar-refractivity contribution >= 4 is 50.3 Å². The largest absolute Gasteiger partial charge is 0.755 e. The summed E-state index contributed by atoms with van der Waals surface area (Å²) in [5, 5.41) is 12.7. The number of aromatic nitrogens is 1. The summed E-state index contributed by atoms with van der Waals surface area (Å²) < 4.78 is 25.6. The lowest BCUT2D eigenvalue weighted by Crippen LogP contribution is -2.20. The summed E-state index contributed by atoms with van der Waals surface area (Å²) in [4.78, 5) is 27.0. The number of carboxylic acids is 1. The average Bonchev–Trinajstić information content (AvgIpc) is 3.08. The number of aryl methyl sites for hydroxylation is 3. The maximum atomic E-state index is 12.2. The molecule has 8 nitrogen and oxygen atoms in total. The Labute approximate surface area is 192 Å². The van der Waals surface area contributed by atoms with Crippen LogP contribution in [0.5, 0.6) is 0 Å². The Hall–Kier alpha value is -3.08. The minimum absolute atomic E-state index is 0.272. The second kappa shape index (κ2) is 10.5. The molecule has 0 aliphatic rings. The summed E-state index contributed by atoms with van der Waals surface area (Å²) in [5.41, 5.74) is 2.79. The van der Waals surface area contributed by atoms with Crippen molar-refractivity contribution in [2.45, 2.75) is 33.1 Å². The summed E-state index contributed by atoms with van der Waals surface area (Å²) in [6.45, 7) is 3.04. The molecular weight excluding hydrogens is 450 g/mol. The van der Waals surface area contributed by atoms with Crippen molar-refractivity contribution in [3.05, 3.63) is 70.9 Å². The molecule has 1 unspecified atom stereocenters. The van der Waals surface area contributed by atoms with Crippen LogP contribution in [0, 0.1) is 6.92 Å². The first-order valence-corrected chi connectivity index (χ1v) is 11.7. The Kier molecular flexibility index (Phi) is 7.73. The molecular formula is C22H22N3O5S2-. The molecule has 168 valence electrons. The van der Waals surface area contributed by atoms with Crippen LogP contribution in [0.4, 0.5) is 15.8 Å². The molecule has 0 saturated carbocycles. The SMILES string of the molecule is CC(=O)Nc1nc(C)c(N(c2ccccc2CCCc2ccccc2C(=O)O)S(=O)[O-])s1. The number of rotatable bonds is 9. The number of hydrogen-bond acceptors (Lipinski definition) is 6. The first-order valence-electron chi connectivity index (χ1n) is 9.81. The number of thiazole rings is 1. The van der Waals surface area contributed by atoms with Crippen LogP contribution >= 0.6 is 11.3 Å². The number of carboxylic acid groups (broad SMARTS) is 1. The van der Waals surface area contributed by atoms with Crippen LogP contribution in [0.15, 0.2) is 48.5 Å². The van der Waals surface area contributed by atoms with Gasteiger partial charge in [0.05, 0.1) is 28.2 Å². The Bertz CT molecular complexity index is 1160. The van der Waals surface area contributed by atoms with Gasteiger partial charge in [0.15, 0.2) is 5.13 Å². The Morgan fingerprint density at radius 2 is 1.75 bits per heavy atom. The van der Waals surface area contributed by atoms with E-state index in [4.69, 9.17) is 0 Å². The normalized spacial score (nSPS) is 11.7. The lowest BCUT2D eigenvalue weighted by atomic mass is 9.99. The van der Waals surface area contributed by atoms with E-state index in [2.05, 4.69) is 10.3 Å². The number of aromatic carboxylic acids is 1. The number of hydrogen-bond donors (Lipinski definition) is 2. The summed E-state index contributed by atoms with van der Waals surface area (Å²) in [6.07, 6.45) is 1.73. The summed E-state index contributed by atoms with van der Waals surface area (Å²) >= 11 is -1.54. The van der Waals surface area contributed by atoms with E-state index in [1.807, 2.05) is 12.1 Å². The molecule has 3 rings (SSSR count). The molecule has 0 spiro atoms. The maximum Gasteiger partial charge on any atom is 0.335 e. The monoisotopic (exact) mass is 472 g/mol. The topological polar surface area (TPSA) is 123 Å². The second-order valence-corrected chi connectivity index (χ2v) is 8.82. The first-order chi connectivity index (χ1) is 15.3. The van der Waals surface area contributed by atoms with E-state index >= 15 is 0 Å². The molecule has 2 aromatic carbocycles. The summed E-state index contributed by atoms with van der Waals surface area (Å²) in [6, 6.07) is 14.0. The van der Waals surface area contributed by atoms with E-state index in [9.17, 15) is 23.5 Å². The molecule has 0 radical (unpaired) electrons. The van der Waals surface area contributed by atoms with Gasteiger partial charge in [0, 0.05) is 6.92 Å². The van der Waals surface area contributed by atoms with Crippen LogP contribution in [-0.4, -0.2) is 30.7 Å². The van der Waals surface area contributed by atoms with E-state index in [1.54, 1.807) is 43.3 Å². The molecule has 0 bridgehead atoms. The van der Waals surface area contributed by atoms with Crippen LogP contribution in [0.2, 0.25) is 0 Å². The zero-order chi connectivity index (χ0) is 23.3. The number of benzene rings is 2. The van der Waals surface area contributed by atoms with Gasteiger partial charge in [-0.15, -0.1) is 0 Å². The predicted molar refractivity (Wildman–Crippen MR) is 124 cm³/mol. The fourth-order valence-electron chi connectivity index (χ4n) is 3.37. The standard InChI is InChI=1S/C22H23N3O5S2/c1-14-20(31-22(23-14)24-15(2)26)25(32(29)30)19-13-6-4-9-17(19)11-7-10-16-8-3-5-12-18(16)21(27)28/h3-6,8-9,12-13H,7,10-11H2,1-2H3,(H,27,28)(H,29,30)(H,23,24,26)/p-1. The molecule has 1 heterocycles. The lowest BCUT2D eigenvalue weighted by Gasteiger charge is -2.27. The molecule has 10 heteroatoms. The van der Waals surface area contributed by atoms with Crippen LogP contribution in [0.1, 0.15) is 40.5 Å². The number of carbonyl (C=O) groups is 2. The lowest BCUT2D eigenvalue weighted by molar-refractivity contribution is -0.114.